The van der Waals surface area contributed by atoms with Gasteiger partial charge in [-0.3, -0.25) is 9.89 Å². The molecule has 25 heavy (non-hydrogen) atoms. The van der Waals surface area contributed by atoms with Crippen LogP contribution in [-0.4, -0.2) is 37.7 Å². The smallest absolute Gasteiger partial charge is 0.276 e. The van der Waals surface area contributed by atoms with Crippen LogP contribution in [0.5, 0.6) is 0 Å². The number of nitrogens with one attached hydrogen (secondary N) is 1. The Morgan fingerprint density at radius 3 is 2.88 bits per heavy atom. The highest BCUT2D eigenvalue weighted by Crippen LogP contribution is 2.31. The molecule has 1 aromatic carbocycles. The lowest BCUT2D eigenvalue weighted by Crippen LogP contribution is -2.31. The van der Waals surface area contributed by atoms with Gasteiger partial charge in [-0.15, -0.1) is 0 Å². The van der Waals surface area contributed by atoms with Crippen LogP contribution in [0, 0.1) is 12.7 Å². The van der Waals surface area contributed by atoms with E-state index < -0.39 is 0 Å². The van der Waals surface area contributed by atoms with E-state index in [1.54, 1.807) is 23.1 Å². The number of likely N-dealkylation sites (tertiary alicyclic amines) is 1. The Hall–Kier alpha value is -3.03. The van der Waals surface area contributed by atoms with Gasteiger partial charge in [-0.25, -0.2) is 9.37 Å². The highest BCUT2D eigenvalue weighted by molar-refractivity contribution is 5.93. The molecule has 1 atom stereocenters. The van der Waals surface area contributed by atoms with Crippen LogP contribution in [0.4, 0.5) is 4.39 Å². The van der Waals surface area contributed by atoms with Gasteiger partial charge in [0.1, 0.15) is 11.6 Å². The van der Waals surface area contributed by atoms with Crippen LogP contribution in [0.15, 0.2) is 34.9 Å². The normalized spacial score (nSPS) is 17.2. The lowest BCUT2D eigenvalue weighted by molar-refractivity contribution is 0.0719. The molecule has 0 spiro atoms. The van der Waals surface area contributed by atoms with E-state index in [4.69, 9.17) is 4.52 Å². The van der Waals surface area contributed by atoms with E-state index in [9.17, 15) is 9.18 Å². The molecule has 1 amide bonds. The lowest BCUT2D eigenvalue weighted by atomic mass is 10.1. The first kappa shape index (κ1) is 15.5. The van der Waals surface area contributed by atoms with Crippen molar-refractivity contribution in [2.45, 2.75) is 25.8 Å². The first-order valence-corrected chi connectivity index (χ1v) is 8.04. The van der Waals surface area contributed by atoms with E-state index in [-0.39, 0.29) is 23.5 Å². The minimum atomic E-state index is -0.332. The number of aromatic nitrogens is 4. The second-order valence-corrected chi connectivity index (χ2v) is 6.02. The number of H-pyrrole nitrogens is 1. The quantitative estimate of drug-likeness (QED) is 0.791. The maximum Gasteiger partial charge on any atom is 0.276 e. The predicted molar refractivity (Wildman–Crippen MR) is 86.0 cm³/mol. The number of hydrogen-bond donors (Lipinski definition) is 1. The van der Waals surface area contributed by atoms with Crippen molar-refractivity contribution in [1.29, 1.82) is 0 Å². The first-order valence-electron chi connectivity index (χ1n) is 8.04. The summed E-state index contributed by atoms with van der Waals surface area (Å²) >= 11 is 0. The van der Waals surface area contributed by atoms with E-state index in [0.717, 1.165) is 12.8 Å². The van der Waals surface area contributed by atoms with Crippen molar-refractivity contribution in [3.63, 3.8) is 0 Å². The largest absolute Gasteiger partial charge is 0.355 e. The second kappa shape index (κ2) is 6.12. The number of halogens is 1. The molecule has 128 valence electrons. The molecule has 3 heterocycles. The van der Waals surface area contributed by atoms with Crippen molar-refractivity contribution >= 4 is 5.91 Å². The number of aryl methyl sites for hydroxylation is 1. The maximum atomic E-state index is 13.0. The second-order valence-electron chi connectivity index (χ2n) is 6.02. The zero-order valence-corrected chi connectivity index (χ0v) is 13.6. The van der Waals surface area contributed by atoms with Crippen LogP contribution in [0.25, 0.3) is 11.3 Å². The van der Waals surface area contributed by atoms with Crippen molar-refractivity contribution in [1.82, 2.24) is 25.2 Å². The molecule has 4 rings (SSSR count). The summed E-state index contributed by atoms with van der Waals surface area (Å²) in [7, 11) is 0. The average molecular weight is 341 g/mol. The zero-order valence-electron chi connectivity index (χ0n) is 13.6. The zero-order chi connectivity index (χ0) is 17.4. The molecule has 3 aromatic rings. The molecule has 1 aliphatic heterocycles. The van der Waals surface area contributed by atoms with Crippen LogP contribution >= 0.6 is 0 Å². The van der Waals surface area contributed by atoms with Gasteiger partial charge in [0, 0.05) is 18.2 Å². The van der Waals surface area contributed by atoms with Gasteiger partial charge in [0.15, 0.2) is 17.3 Å². The van der Waals surface area contributed by atoms with Gasteiger partial charge in [0.05, 0.1) is 6.04 Å². The fourth-order valence-electron chi connectivity index (χ4n) is 3.06. The Balaban J connectivity index is 1.57. The predicted octanol–water partition coefficient (Wildman–Crippen LogP) is 2.88. The van der Waals surface area contributed by atoms with E-state index in [0.29, 0.717) is 29.5 Å². The number of carbonyl (C=O) groups excluding carboxylic acids is 1. The third-order valence-corrected chi connectivity index (χ3v) is 4.28. The van der Waals surface area contributed by atoms with Crippen molar-refractivity contribution < 1.29 is 13.7 Å². The molecule has 1 saturated heterocycles. The summed E-state index contributed by atoms with van der Waals surface area (Å²) < 4.78 is 18.3. The molecule has 0 radical (unpaired) electrons. The minimum Gasteiger partial charge on any atom is -0.355 e. The Morgan fingerprint density at radius 1 is 1.36 bits per heavy atom. The standard InChI is InChI=1S/C17H16FN5O2/c1-10-19-16(21-20-10)14-3-2-8-23(14)17(24)13-9-15(25-22-13)11-4-6-12(18)7-5-11/h4-7,9,14H,2-3,8H2,1H3,(H,19,20,21)/t14-/m0/s1. The van der Waals surface area contributed by atoms with Crippen molar-refractivity contribution in [2.24, 2.45) is 0 Å². The van der Waals surface area contributed by atoms with E-state index in [1.807, 2.05) is 6.92 Å². The molecule has 0 unspecified atom stereocenters. The Morgan fingerprint density at radius 2 is 2.16 bits per heavy atom. The summed E-state index contributed by atoms with van der Waals surface area (Å²) in [6.07, 6.45) is 1.69. The third-order valence-electron chi connectivity index (χ3n) is 4.28. The third kappa shape index (κ3) is 2.90. The molecular formula is C17H16FN5O2. The summed E-state index contributed by atoms with van der Waals surface area (Å²) in [5, 5.41) is 10.9. The molecule has 0 saturated carbocycles. The van der Waals surface area contributed by atoms with Gasteiger partial charge in [-0.2, -0.15) is 5.10 Å². The summed E-state index contributed by atoms with van der Waals surface area (Å²) in [5.74, 6) is 1.20. The monoisotopic (exact) mass is 341 g/mol. The van der Waals surface area contributed by atoms with Crippen molar-refractivity contribution in [3.05, 3.63) is 53.5 Å². The Kier molecular flexibility index (Phi) is 3.79. The maximum absolute atomic E-state index is 13.0. The first-order chi connectivity index (χ1) is 12.1. The van der Waals surface area contributed by atoms with Crippen LogP contribution in [0.2, 0.25) is 0 Å². The van der Waals surface area contributed by atoms with E-state index in [1.165, 1.54) is 12.1 Å². The van der Waals surface area contributed by atoms with Crippen LogP contribution < -0.4 is 0 Å². The van der Waals surface area contributed by atoms with Gasteiger partial charge in [0.25, 0.3) is 5.91 Å². The Labute approximate surface area is 142 Å². The van der Waals surface area contributed by atoms with Crippen LogP contribution in [0.1, 0.15) is 41.0 Å². The number of carbonyl (C=O) groups is 1. The minimum absolute atomic E-state index is 0.163. The fourth-order valence-corrected chi connectivity index (χ4v) is 3.06. The van der Waals surface area contributed by atoms with Gasteiger partial charge >= 0.3 is 0 Å². The molecule has 1 N–H and O–H groups in total. The van der Waals surface area contributed by atoms with Gasteiger partial charge in [-0.05, 0) is 44.0 Å². The summed E-state index contributed by atoms with van der Waals surface area (Å²) in [4.78, 5) is 18.9. The Bertz CT molecular complexity index is 902. The van der Waals surface area contributed by atoms with Crippen LogP contribution in [0.3, 0.4) is 0 Å². The molecule has 1 fully saturated rings. The molecular weight excluding hydrogens is 325 g/mol. The highest BCUT2D eigenvalue weighted by Gasteiger charge is 2.34. The number of aromatic amines is 1. The van der Waals surface area contributed by atoms with E-state index >= 15 is 0 Å². The fraction of sp³-hybridized carbons (Fsp3) is 0.294. The van der Waals surface area contributed by atoms with Crippen LogP contribution in [-0.2, 0) is 0 Å². The van der Waals surface area contributed by atoms with Crippen molar-refractivity contribution in [2.75, 3.05) is 6.54 Å². The van der Waals surface area contributed by atoms with Gasteiger partial charge in [-0.1, -0.05) is 5.16 Å². The summed E-state index contributed by atoms with van der Waals surface area (Å²) in [5.41, 5.74) is 0.883. The number of rotatable bonds is 3. The topological polar surface area (TPSA) is 87.9 Å². The summed E-state index contributed by atoms with van der Waals surface area (Å²) in [6.45, 7) is 2.44. The van der Waals surface area contributed by atoms with Crippen molar-refractivity contribution in [3.8, 4) is 11.3 Å². The average Bonchev–Trinajstić information content (AvgIpc) is 3.35. The highest BCUT2D eigenvalue weighted by atomic mass is 19.1. The number of hydrogen-bond acceptors (Lipinski definition) is 5. The lowest BCUT2D eigenvalue weighted by Gasteiger charge is -2.21. The molecule has 2 aromatic heterocycles. The molecule has 1 aliphatic rings. The molecule has 8 heteroatoms. The number of nitrogens with zero attached hydrogens (tertiary/aromatic N) is 4. The van der Waals surface area contributed by atoms with Gasteiger partial charge < -0.3 is 9.42 Å². The summed E-state index contributed by atoms with van der Waals surface area (Å²) in [6, 6.07) is 7.25. The SMILES string of the molecule is Cc1nc([C@@H]2CCCN2C(=O)c2cc(-c3ccc(F)cc3)on2)n[nH]1. The molecule has 7 nitrogen and oxygen atoms in total. The van der Waals surface area contributed by atoms with Gasteiger partial charge in [0.2, 0.25) is 0 Å². The number of benzene rings is 1. The number of amides is 1. The molecule has 0 aliphatic carbocycles. The van der Waals surface area contributed by atoms with E-state index in [2.05, 4.69) is 20.3 Å². The molecule has 0 bridgehead atoms.